The molecule has 1 atom stereocenters. The Labute approximate surface area is 141 Å². The first-order valence-electron chi connectivity index (χ1n) is 9.47. The maximum atomic E-state index is 8.94. The van der Waals surface area contributed by atoms with Gasteiger partial charge in [0.2, 0.25) is 0 Å². The minimum Gasteiger partial charge on any atom is -0.396 e. The molecule has 1 saturated heterocycles. The number of unbranched alkanes of at least 4 members (excludes halogenated alkanes) is 1. The van der Waals surface area contributed by atoms with Gasteiger partial charge in [-0.2, -0.15) is 0 Å². The van der Waals surface area contributed by atoms with Gasteiger partial charge in [-0.15, -0.1) is 5.10 Å². The molecule has 1 aromatic rings. The highest BCUT2D eigenvalue weighted by atomic mass is 16.3. The molecule has 1 aliphatic rings. The number of likely N-dealkylation sites (tertiary alicyclic amines) is 1. The van der Waals surface area contributed by atoms with Crippen LogP contribution in [0.5, 0.6) is 0 Å². The van der Waals surface area contributed by atoms with Crippen LogP contribution in [0.4, 0.5) is 0 Å². The molecule has 2 rings (SSSR count). The van der Waals surface area contributed by atoms with Crippen molar-refractivity contribution in [2.24, 2.45) is 11.8 Å². The van der Waals surface area contributed by atoms with Crippen molar-refractivity contribution in [3.05, 3.63) is 11.9 Å². The standard InChI is InChI=1S/C18H34N4O/c1-3-5-6-16(4-2)13-21-10-7-17(8-11-21)14-22-15-18(9-12-23)19-20-22/h15-17,23H,3-14H2,1-2H3/t16-/m0/s1. The van der Waals surface area contributed by atoms with Gasteiger partial charge < -0.3 is 10.0 Å². The number of nitrogens with zero attached hydrogens (tertiary/aromatic N) is 4. The Kier molecular flexibility index (Phi) is 8.03. The van der Waals surface area contributed by atoms with E-state index in [0.717, 1.165) is 18.2 Å². The first-order chi connectivity index (χ1) is 11.2. The first-order valence-corrected chi connectivity index (χ1v) is 9.47. The Morgan fingerprint density at radius 3 is 2.74 bits per heavy atom. The molecule has 5 heteroatoms. The van der Waals surface area contributed by atoms with E-state index in [9.17, 15) is 0 Å². The molecule has 0 spiro atoms. The monoisotopic (exact) mass is 322 g/mol. The van der Waals surface area contributed by atoms with Crippen LogP contribution in [-0.2, 0) is 13.0 Å². The maximum Gasteiger partial charge on any atom is 0.0849 e. The van der Waals surface area contributed by atoms with E-state index in [1.165, 1.54) is 58.2 Å². The van der Waals surface area contributed by atoms with Crippen LogP contribution in [-0.4, -0.2) is 51.2 Å². The molecule has 132 valence electrons. The molecule has 1 aliphatic heterocycles. The van der Waals surface area contributed by atoms with Crippen molar-refractivity contribution in [3.63, 3.8) is 0 Å². The molecular weight excluding hydrogens is 288 g/mol. The van der Waals surface area contributed by atoms with Crippen LogP contribution in [0.1, 0.15) is 58.1 Å². The molecule has 0 bridgehead atoms. The topological polar surface area (TPSA) is 54.2 Å². The van der Waals surface area contributed by atoms with Crippen molar-refractivity contribution in [1.29, 1.82) is 0 Å². The number of aliphatic hydroxyl groups is 1. The van der Waals surface area contributed by atoms with Gasteiger partial charge >= 0.3 is 0 Å². The fraction of sp³-hybridized carbons (Fsp3) is 0.889. The number of hydrogen-bond acceptors (Lipinski definition) is 4. The lowest BCUT2D eigenvalue weighted by Crippen LogP contribution is -2.38. The van der Waals surface area contributed by atoms with Crippen molar-refractivity contribution in [2.75, 3.05) is 26.2 Å². The van der Waals surface area contributed by atoms with Crippen LogP contribution in [0, 0.1) is 11.8 Å². The smallest absolute Gasteiger partial charge is 0.0849 e. The van der Waals surface area contributed by atoms with Crippen molar-refractivity contribution in [3.8, 4) is 0 Å². The predicted octanol–water partition coefficient (Wildman–Crippen LogP) is 2.74. The van der Waals surface area contributed by atoms with Gasteiger partial charge in [-0.05, 0) is 44.2 Å². The zero-order chi connectivity index (χ0) is 16.5. The molecule has 1 fully saturated rings. The predicted molar refractivity (Wildman–Crippen MR) is 93.3 cm³/mol. The summed E-state index contributed by atoms with van der Waals surface area (Å²) in [4.78, 5) is 2.67. The van der Waals surface area contributed by atoms with Crippen molar-refractivity contribution in [1.82, 2.24) is 19.9 Å². The fourth-order valence-electron chi connectivity index (χ4n) is 3.56. The summed E-state index contributed by atoms with van der Waals surface area (Å²) in [6, 6.07) is 0. The van der Waals surface area contributed by atoms with Crippen molar-refractivity contribution >= 4 is 0 Å². The highest BCUT2D eigenvalue weighted by Crippen LogP contribution is 2.22. The number of aliphatic hydroxyl groups excluding tert-OH is 1. The average molecular weight is 322 g/mol. The van der Waals surface area contributed by atoms with Gasteiger partial charge in [0.25, 0.3) is 0 Å². The van der Waals surface area contributed by atoms with Gasteiger partial charge in [-0.3, -0.25) is 4.68 Å². The zero-order valence-corrected chi connectivity index (χ0v) is 15.0. The van der Waals surface area contributed by atoms with E-state index in [2.05, 4.69) is 29.1 Å². The molecule has 5 nitrogen and oxygen atoms in total. The fourth-order valence-corrected chi connectivity index (χ4v) is 3.56. The lowest BCUT2D eigenvalue weighted by Gasteiger charge is -2.34. The average Bonchev–Trinajstić information content (AvgIpc) is 3.00. The molecule has 0 aromatic carbocycles. The molecule has 2 heterocycles. The van der Waals surface area contributed by atoms with E-state index in [4.69, 9.17) is 5.11 Å². The summed E-state index contributed by atoms with van der Waals surface area (Å²) in [5, 5.41) is 17.2. The van der Waals surface area contributed by atoms with Gasteiger partial charge in [0.1, 0.15) is 0 Å². The summed E-state index contributed by atoms with van der Waals surface area (Å²) in [6.07, 6.45) is 10.5. The Balaban J connectivity index is 1.70. The first kappa shape index (κ1) is 18.4. The Morgan fingerprint density at radius 1 is 1.30 bits per heavy atom. The normalized spacial score (nSPS) is 18.4. The second-order valence-corrected chi connectivity index (χ2v) is 7.07. The molecule has 0 unspecified atom stereocenters. The SMILES string of the molecule is CCCC[C@H](CC)CN1CCC(Cn2cc(CCO)nn2)CC1. The van der Waals surface area contributed by atoms with Crippen LogP contribution in [0.3, 0.4) is 0 Å². The summed E-state index contributed by atoms with van der Waals surface area (Å²) in [5.74, 6) is 1.59. The number of hydrogen-bond donors (Lipinski definition) is 1. The van der Waals surface area contributed by atoms with Crippen LogP contribution < -0.4 is 0 Å². The van der Waals surface area contributed by atoms with E-state index in [1.54, 1.807) is 0 Å². The van der Waals surface area contributed by atoms with Crippen molar-refractivity contribution in [2.45, 2.75) is 65.3 Å². The lowest BCUT2D eigenvalue weighted by atomic mass is 9.94. The third kappa shape index (κ3) is 6.22. The van der Waals surface area contributed by atoms with Crippen LogP contribution in [0.25, 0.3) is 0 Å². The third-order valence-corrected chi connectivity index (χ3v) is 5.17. The number of rotatable bonds is 10. The Hall–Kier alpha value is -0.940. The summed E-state index contributed by atoms with van der Waals surface area (Å²) in [7, 11) is 0. The lowest BCUT2D eigenvalue weighted by molar-refractivity contribution is 0.145. The van der Waals surface area contributed by atoms with Gasteiger partial charge in [0.05, 0.1) is 5.69 Å². The van der Waals surface area contributed by atoms with E-state index in [1.807, 2.05) is 10.9 Å². The van der Waals surface area contributed by atoms with Gasteiger partial charge in [0, 0.05) is 32.3 Å². The molecule has 1 aromatic heterocycles. The van der Waals surface area contributed by atoms with E-state index < -0.39 is 0 Å². The zero-order valence-electron chi connectivity index (χ0n) is 15.0. The molecule has 1 N–H and O–H groups in total. The van der Waals surface area contributed by atoms with E-state index >= 15 is 0 Å². The molecule has 0 radical (unpaired) electrons. The van der Waals surface area contributed by atoms with E-state index in [0.29, 0.717) is 12.3 Å². The second-order valence-electron chi connectivity index (χ2n) is 7.07. The number of aromatic nitrogens is 3. The minimum atomic E-state index is 0.147. The Bertz CT molecular complexity index is 426. The largest absolute Gasteiger partial charge is 0.396 e. The highest BCUT2D eigenvalue weighted by Gasteiger charge is 2.21. The summed E-state index contributed by atoms with van der Waals surface area (Å²) in [6.45, 7) is 9.48. The quantitative estimate of drug-likeness (QED) is 0.719. The van der Waals surface area contributed by atoms with Crippen molar-refractivity contribution < 1.29 is 5.11 Å². The molecule has 0 saturated carbocycles. The van der Waals surface area contributed by atoms with Gasteiger partial charge in [-0.25, -0.2) is 0 Å². The summed E-state index contributed by atoms with van der Waals surface area (Å²) in [5.41, 5.74) is 0.895. The highest BCUT2D eigenvalue weighted by molar-refractivity contribution is 4.92. The number of piperidine rings is 1. The molecule has 0 aliphatic carbocycles. The maximum absolute atomic E-state index is 8.94. The molecule has 0 amide bonds. The van der Waals surface area contributed by atoms with Crippen LogP contribution in [0.2, 0.25) is 0 Å². The Morgan fingerprint density at radius 2 is 2.09 bits per heavy atom. The second kappa shape index (κ2) is 10.0. The van der Waals surface area contributed by atoms with Gasteiger partial charge in [0.15, 0.2) is 0 Å². The van der Waals surface area contributed by atoms with E-state index in [-0.39, 0.29) is 6.61 Å². The minimum absolute atomic E-state index is 0.147. The van der Waals surface area contributed by atoms with Crippen LogP contribution in [0.15, 0.2) is 6.20 Å². The summed E-state index contributed by atoms with van der Waals surface area (Å²) >= 11 is 0. The summed E-state index contributed by atoms with van der Waals surface area (Å²) < 4.78 is 1.96. The van der Waals surface area contributed by atoms with Crippen LogP contribution >= 0.6 is 0 Å². The third-order valence-electron chi connectivity index (χ3n) is 5.17. The van der Waals surface area contributed by atoms with Gasteiger partial charge in [-0.1, -0.05) is 38.3 Å². The molecular formula is C18H34N4O. The molecule has 23 heavy (non-hydrogen) atoms.